The molecule has 3 nitrogen and oxygen atoms in total. The van der Waals surface area contributed by atoms with E-state index in [2.05, 4.69) is 22.1 Å². The quantitative estimate of drug-likeness (QED) is 0.364. The number of nitrogens with one attached hydrogen (secondary N) is 1. The van der Waals surface area contributed by atoms with Crippen LogP contribution in [0.2, 0.25) is 5.02 Å². The predicted octanol–water partition coefficient (Wildman–Crippen LogP) is 6.88. The van der Waals surface area contributed by atoms with E-state index >= 15 is 0 Å². The molecule has 1 heterocycles. The second kappa shape index (κ2) is 10.6. The van der Waals surface area contributed by atoms with Crippen molar-refractivity contribution in [2.24, 2.45) is 5.92 Å². The lowest BCUT2D eigenvalue weighted by Gasteiger charge is -2.30. The van der Waals surface area contributed by atoms with Crippen LogP contribution in [0, 0.1) is 17.8 Å². The summed E-state index contributed by atoms with van der Waals surface area (Å²) >= 11 is 5.97. The number of pyridine rings is 1. The third kappa shape index (κ3) is 6.20. The molecule has 0 saturated heterocycles. The van der Waals surface area contributed by atoms with Gasteiger partial charge in [-0.3, -0.25) is 0 Å². The van der Waals surface area contributed by atoms with Gasteiger partial charge in [0.2, 0.25) is 0 Å². The number of hydrogen-bond acceptors (Lipinski definition) is 3. The fourth-order valence-electron chi connectivity index (χ4n) is 4.67. The molecule has 2 aliphatic carbocycles. The lowest BCUT2D eigenvalue weighted by Crippen LogP contribution is -2.44. The molecule has 3 aromatic rings. The molecule has 2 fully saturated rings. The van der Waals surface area contributed by atoms with Gasteiger partial charge in [0.25, 0.3) is 0 Å². The van der Waals surface area contributed by atoms with Gasteiger partial charge in [0.05, 0.1) is 6.61 Å². The van der Waals surface area contributed by atoms with Crippen LogP contribution in [-0.4, -0.2) is 23.7 Å². The molecule has 2 aliphatic rings. The molecule has 0 amide bonds. The maximum absolute atomic E-state index is 6.09. The Labute approximate surface area is 207 Å². The molecule has 0 unspecified atom stereocenters. The van der Waals surface area contributed by atoms with Gasteiger partial charge in [-0.05, 0) is 98.5 Å². The number of rotatable bonds is 8. The van der Waals surface area contributed by atoms with Crippen molar-refractivity contribution in [2.75, 3.05) is 13.2 Å². The third-order valence-corrected chi connectivity index (χ3v) is 7.25. The number of aromatic nitrogens is 1. The van der Waals surface area contributed by atoms with E-state index in [4.69, 9.17) is 16.3 Å². The molecule has 34 heavy (non-hydrogen) atoms. The van der Waals surface area contributed by atoms with E-state index in [-0.39, 0.29) is 0 Å². The molecule has 4 heteroatoms. The fourth-order valence-corrected chi connectivity index (χ4v) is 4.79. The topological polar surface area (TPSA) is 34.1 Å². The van der Waals surface area contributed by atoms with Crippen LogP contribution in [0.4, 0.5) is 0 Å². The minimum atomic E-state index is 0.296. The summed E-state index contributed by atoms with van der Waals surface area (Å²) in [5, 5.41) is 4.62. The minimum Gasteiger partial charge on any atom is -0.494 e. The van der Waals surface area contributed by atoms with Crippen molar-refractivity contribution in [1.29, 1.82) is 0 Å². The Hall–Kier alpha value is -2.80. The van der Waals surface area contributed by atoms with E-state index in [0.29, 0.717) is 5.54 Å². The molecule has 5 rings (SSSR count). The maximum Gasteiger partial charge on any atom is 0.119 e. The molecular weight excluding hydrogens is 440 g/mol. The summed E-state index contributed by atoms with van der Waals surface area (Å²) in [6.07, 6.45) is 11.0. The summed E-state index contributed by atoms with van der Waals surface area (Å²) in [5.74, 6) is 8.18. The van der Waals surface area contributed by atoms with Gasteiger partial charge < -0.3 is 10.1 Å². The summed E-state index contributed by atoms with van der Waals surface area (Å²) < 4.78 is 6.09. The van der Waals surface area contributed by atoms with Gasteiger partial charge in [-0.2, -0.15) is 0 Å². The molecule has 0 radical (unpaired) electrons. The Morgan fingerprint density at radius 3 is 2.32 bits per heavy atom. The van der Waals surface area contributed by atoms with Gasteiger partial charge in [-0.25, -0.2) is 4.98 Å². The zero-order valence-electron chi connectivity index (χ0n) is 19.5. The van der Waals surface area contributed by atoms with Gasteiger partial charge in [0, 0.05) is 27.9 Å². The predicted molar refractivity (Wildman–Crippen MR) is 139 cm³/mol. The van der Waals surface area contributed by atoms with E-state index in [1.807, 2.05) is 66.9 Å². The first-order valence-corrected chi connectivity index (χ1v) is 12.8. The molecular formula is C30H31ClN2O. The highest BCUT2D eigenvalue weighted by Crippen LogP contribution is 2.35. The first-order valence-electron chi connectivity index (χ1n) is 12.4. The van der Waals surface area contributed by atoms with E-state index in [1.165, 1.54) is 45.1 Å². The lowest BCUT2D eigenvalue weighted by atomic mass is 9.93. The smallest absolute Gasteiger partial charge is 0.119 e. The Morgan fingerprint density at radius 2 is 1.65 bits per heavy atom. The second-order valence-electron chi connectivity index (χ2n) is 9.62. The molecule has 0 bridgehead atoms. The molecule has 1 N–H and O–H groups in total. The largest absolute Gasteiger partial charge is 0.494 e. The van der Waals surface area contributed by atoms with Gasteiger partial charge >= 0.3 is 0 Å². The van der Waals surface area contributed by atoms with Gasteiger partial charge in [0.1, 0.15) is 11.4 Å². The molecule has 0 aliphatic heterocycles. The molecule has 2 saturated carbocycles. The monoisotopic (exact) mass is 470 g/mol. The highest BCUT2D eigenvalue weighted by Gasteiger charge is 2.35. The van der Waals surface area contributed by atoms with Crippen molar-refractivity contribution in [1.82, 2.24) is 10.3 Å². The first kappa shape index (κ1) is 23.0. The average molecular weight is 471 g/mol. The van der Waals surface area contributed by atoms with Crippen molar-refractivity contribution in [2.45, 2.75) is 50.5 Å². The average Bonchev–Trinajstić information content (AvgIpc) is 3.60. The Morgan fingerprint density at radius 1 is 0.912 bits per heavy atom. The van der Waals surface area contributed by atoms with Gasteiger partial charge in [0.15, 0.2) is 0 Å². The van der Waals surface area contributed by atoms with Crippen molar-refractivity contribution in [3.05, 3.63) is 83.1 Å². The standard InChI is InChI=1S/C30H31ClN2O/c31-27-11-8-25(9-12-27)26-10-14-28(32-22-26)13-5-23-6-15-29(16-7-23)34-20-19-30(17-1-2-18-30)33-21-24-3-4-24/h6-12,14-16,22,24,33H,1-4,17-21H2. The van der Waals surface area contributed by atoms with Gasteiger partial charge in [-0.1, -0.05) is 48.6 Å². The number of nitrogens with zero attached hydrogens (tertiary/aromatic N) is 1. The summed E-state index contributed by atoms with van der Waals surface area (Å²) in [5.41, 5.74) is 4.13. The second-order valence-corrected chi connectivity index (χ2v) is 10.1. The Balaban J connectivity index is 1.13. The van der Waals surface area contributed by atoms with Crippen LogP contribution in [0.25, 0.3) is 11.1 Å². The van der Waals surface area contributed by atoms with Crippen LogP contribution in [-0.2, 0) is 0 Å². The fraction of sp³-hybridized carbons (Fsp3) is 0.367. The van der Waals surface area contributed by atoms with E-state index < -0.39 is 0 Å². The van der Waals surface area contributed by atoms with E-state index in [1.54, 1.807) is 0 Å². The number of benzene rings is 2. The first-order chi connectivity index (χ1) is 16.7. The highest BCUT2D eigenvalue weighted by atomic mass is 35.5. The van der Waals surface area contributed by atoms with Crippen molar-refractivity contribution >= 4 is 11.6 Å². The third-order valence-electron chi connectivity index (χ3n) is 7.00. The van der Waals surface area contributed by atoms with Gasteiger partial charge in [-0.15, -0.1) is 0 Å². The Bertz CT molecular complexity index is 1130. The molecule has 0 spiro atoms. The summed E-state index contributed by atoms with van der Waals surface area (Å²) in [7, 11) is 0. The molecule has 0 atom stereocenters. The summed E-state index contributed by atoms with van der Waals surface area (Å²) in [6.45, 7) is 1.94. The van der Waals surface area contributed by atoms with Crippen LogP contribution in [0.15, 0.2) is 66.9 Å². The van der Waals surface area contributed by atoms with E-state index in [9.17, 15) is 0 Å². The normalized spacial score (nSPS) is 16.6. The zero-order chi connectivity index (χ0) is 23.2. The number of hydrogen-bond donors (Lipinski definition) is 1. The number of ether oxygens (including phenoxy) is 1. The van der Waals surface area contributed by atoms with Crippen LogP contribution >= 0.6 is 11.6 Å². The van der Waals surface area contributed by atoms with Crippen molar-refractivity contribution in [3.8, 4) is 28.7 Å². The lowest BCUT2D eigenvalue weighted by molar-refractivity contribution is 0.224. The van der Waals surface area contributed by atoms with Crippen LogP contribution in [0.1, 0.15) is 56.2 Å². The zero-order valence-corrected chi connectivity index (χ0v) is 20.3. The van der Waals surface area contributed by atoms with Crippen LogP contribution < -0.4 is 10.1 Å². The highest BCUT2D eigenvalue weighted by molar-refractivity contribution is 6.30. The van der Waals surface area contributed by atoms with E-state index in [0.717, 1.165) is 52.1 Å². The summed E-state index contributed by atoms with van der Waals surface area (Å²) in [6, 6.07) is 19.8. The maximum atomic E-state index is 6.09. The number of halogens is 1. The Kier molecular flexibility index (Phi) is 7.19. The minimum absolute atomic E-state index is 0.296. The molecule has 1 aromatic heterocycles. The van der Waals surface area contributed by atoms with Crippen molar-refractivity contribution in [3.63, 3.8) is 0 Å². The van der Waals surface area contributed by atoms with Crippen LogP contribution in [0.5, 0.6) is 5.75 Å². The van der Waals surface area contributed by atoms with Crippen molar-refractivity contribution < 1.29 is 4.74 Å². The SMILES string of the molecule is Clc1ccc(-c2ccc(C#Cc3ccc(OCCC4(NCC5CC5)CCCC4)cc3)nc2)cc1. The molecule has 2 aromatic carbocycles. The molecule has 174 valence electrons. The van der Waals surface area contributed by atoms with Crippen LogP contribution in [0.3, 0.4) is 0 Å². The summed E-state index contributed by atoms with van der Waals surface area (Å²) in [4.78, 5) is 4.49.